The number of anilines is 1. The van der Waals surface area contributed by atoms with Crippen molar-refractivity contribution < 1.29 is 4.79 Å². The van der Waals surface area contributed by atoms with Crippen LogP contribution in [-0.2, 0) is 4.79 Å². The number of halogens is 1. The SMILES string of the molecule is CN1CCCC1C(=O)Nc1ccccc1Cl. The van der Waals surface area contributed by atoms with E-state index < -0.39 is 0 Å². The van der Waals surface area contributed by atoms with Crippen molar-refractivity contribution in [2.24, 2.45) is 0 Å². The van der Waals surface area contributed by atoms with Gasteiger partial charge in [0.25, 0.3) is 0 Å². The zero-order valence-electron chi connectivity index (χ0n) is 9.24. The number of hydrogen-bond acceptors (Lipinski definition) is 2. The molecule has 0 radical (unpaired) electrons. The highest BCUT2D eigenvalue weighted by molar-refractivity contribution is 6.33. The van der Waals surface area contributed by atoms with E-state index >= 15 is 0 Å². The summed E-state index contributed by atoms with van der Waals surface area (Å²) < 4.78 is 0. The molecule has 1 unspecified atom stereocenters. The molecule has 86 valence electrons. The van der Waals surface area contributed by atoms with E-state index in [1.807, 2.05) is 25.2 Å². The Hall–Kier alpha value is -1.06. The molecule has 2 rings (SSSR count). The van der Waals surface area contributed by atoms with Crippen molar-refractivity contribution >= 4 is 23.2 Å². The topological polar surface area (TPSA) is 32.3 Å². The molecule has 1 aromatic carbocycles. The first kappa shape index (κ1) is 11.4. The average Bonchev–Trinajstić information content (AvgIpc) is 2.68. The van der Waals surface area contributed by atoms with Gasteiger partial charge in [-0.05, 0) is 38.6 Å². The Labute approximate surface area is 100 Å². The van der Waals surface area contributed by atoms with Gasteiger partial charge in [-0.2, -0.15) is 0 Å². The first-order valence-electron chi connectivity index (χ1n) is 5.44. The van der Waals surface area contributed by atoms with Crippen LogP contribution in [0.1, 0.15) is 12.8 Å². The Morgan fingerprint density at radius 2 is 2.25 bits per heavy atom. The number of hydrogen-bond donors (Lipinski definition) is 1. The summed E-state index contributed by atoms with van der Waals surface area (Å²) in [6.45, 7) is 0.987. The zero-order valence-corrected chi connectivity index (χ0v) is 10.00. The summed E-state index contributed by atoms with van der Waals surface area (Å²) in [5, 5.41) is 3.45. The first-order valence-corrected chi connectivity index (χ1v) is 5.82. The molecule has 1 fully saturated rings. The van der Waals surface area contributed by atoms with Crippen LogP contribution in [0.25, 0.3) is 0 Å². The lowest BCUT2D eigenvalue weighted by Gasteiger charge is -2.18. The van der Waals surface area contributed by atoms with Crippen molar-refractivity contribution in [2.75, 3.05) is 18.9 Å². The normalized spacial score (nSPS) is 21.0. The lowest BCUT2D eigenvalue weighted by atomic mass is 10.2. The van der Waals surface area contributed by atoms with Gasteiger partial charge in [0.05, 0.1) is 16.8 Å². The van der Waals surface area contributed by atoms with Gasteiger partial charge in [-0.25, -0.2) is 0 Å². The molecule has 1 N–H and O–H groups in total. The molecule has 1 amide bonds. The molecule has 0 spiro atoms. The van der Waals surface area contributed by atoms with E-state index in [-0.39, 0.29) is 11.9 Å². The maximum absolute atomic E-state index is 12.0. The van der Waals surface area contributed by atoms with Crippen LogP contribution in [-0.4, -0.2) is 30.4 Å². The standard InChI is InChI=1S/C12H15ClN2O/c1-15-8-4-7-11(15)12(16)14-10-6-3-2-5-9(10)13/h2-3,5-6,11H,4,7-8H2,1H3,(H,14,16). The van der Waals surface area contributed by atoms with Crippen LogP contribution >= 0.6 is 11.6 Å². The third-order valence-electron chi connectivity index (χ3n) is 2.95. The number of rotatable bonds is 2. The van der Waals surface area contributed by atoms with Crippen LogP contribution in [0, 0.1) is 0 Å². The van der Waals surface area contributed by atoms with E-state index in [0.29, 0.717) is 10.7 Å². The second-order valence-electron chi connectivity index (χ2n) is 4.11. The van der Waals surface area contributed by atoms with E-state index in [2.05, 4.69) is 10.2 Å². The van der Waals surface area contributed by atoms with Crippen molar-refractivity contribution in [2.45, 2.75) is 18.9 Å². The van der Waals surface area contributed by atoms with Crippen LogP contribution in [0.3, 0.4) is 0 Å². The number of carbonyl (C=O) groups is 1. The number of likely N-dealkylation sites (tertiary alicyclic amines) is 1. The molecular weight excluding hydrogens is 224 g/mol. The first-order chi connectivity index (χ1) is 7.68. The quantitative estimate of drug-likeness (QED) is 0.858. The third-order valence-corrected chi connectivity index (χ3v) is 3.28. The maximum atomic E-state index is 12.0. The van der Waals surface area contributed by atoms with Gasteiger partial charge < -0.3 is 5.32 Å². The van der Waals surface area contributed by atoms with Gasteiger partial charge in [-0.15, -0.1) is 0 Å². The Morgan fingerprint density at radius 1 is 1.50 bits per heavy atom. The minimum atomic E-state index is -0.0173. The van der Waals surface area contributed by atoms with Gasteiger partial charge in [0.15, 0.2) is 0 Å². The molecule has 1 aliphatic rings. The molecule has 0 bridgehead atoms. The zero-order chi connectivity index (χ0) is 11.5. The third kappa shape index (κ3) is 2.36. The highest BCUT2D eigenvalue weighted by Crippen LogP contribution is 2.22. The fourth-order valence-electron chi connectivity index (χ4n) is 2.02. The fourth-order valence-corrected chi connectivity index (χ4v) is 2.20. The summed E-state index contributed by atoms with van der Waals surface area (Å²) in [4.78, 5) is 14.0. The highest BCUT2D eigenvalue weighted by atomic mass is 35.5. The average molecular weight is 239 g/mol. The molecule has 4 heteroatoms. The summed E-state index contributed by atoms with van der Waals surface area (Å²) in [5.41, 5.74) is 0.689. The van der Waals surface area contributed by atoms with Crippen molar-refractivity contribution in [3.63, 3.8) is 0 Å². The Balaban J connectivity index is 2.05. The van der Waals surface area contributed by atoms with Crippen LogP contribution in [0.4, 0.5) is 5.69 Å². The number of nitrogens with one attached hydrogen (secondary N) is 1. The lowest BCUT2D eigenvalue weighted by molar-refractivity contribution is -0.119. The molecule has 1 saturated heterocycles. The highest BCUT2D eigenvalue weighted by Gasteiger charge is 2.27. The molecule has 3 nitrogen and oxygen atoms in total. The van der Waals surface area contributed by atoms with E-state index in [9.17, 15) is 4.79 Å². The maximum Gasteiger partial charge on any atom is 0.241 e. The van der Waals surface area contributed by atoms with Crippen molar-refractivity contribution in [3.8, 4) is 0 Å². The number of carbonyl (C=O) groups excluding carboxylic acids is 1. The predicted molar refractivity (Wildman–Crippen MR) is 65.7 cm³/mol. The smallest absolute Gasteiger partial charge is 0.241 e. The van der Waals surface area contributed by atoms with Crippen LogP contribution in [0.5, 0.6) is 0 Å². The summed E-state index contributed by atoms with van der Waals surface area (Å²) in [6, 6.07) is 7.28. The summed E-state index contributed by atoms with van der Waals surface area (Å²) >= 11 is 5.98. The van der Waals surface area contributed by atoms with E-state index in [0.717, 1.165) is 19.4 Å². The van der Waals surface area contributed by atoms with E-state index in [1.54, 1.807) is 6.07 Å². The van der Waals surface area contributed by atoms with Gasteiger partial charge >= 0.3 is 0 Å². The molecular formula is C12H15ClN2O. The molecule has 0 aliphatic carbocycles. The molecule has 1 heterocycles. The minimum Gasteiger partial charge on any atom is -0.323 e. The van der Waals surface area contributed by atoms with E-state index in [4.69, 9.17) is 11.6 Å². The van der Waals surface area contributed by atoms with Crippen molar-refractivity contribution in [1.29, 1.82) is 0 Å². The van der Waals surface area contributed by atoms with Crippen LogP contribution in [0.2, 0.25) is 5.02 Å². The number of nitrogens with zero attached hydrogens (tertiary/aromatic N) is 1. The summed E-state index contributed by atoms with van der Waals surface area (Å²) in [6.07, 6.45) is 2.00. The van der Waals surface area contributed by atoms with Gasteiger partial charge in [0, 0.05) is 0 Å². The Kier molecular flexibility index (Phi) is 3.46. The molecule has 0 aromatic heterocycles. The van der Waals surface area contributed by atoms with Gasteiger partial charge in [-0.1, -0.05) is 23.7 Å². The minimum absolute atomic E-state index is 0.0173. The van der Waals surface area contributed by atoms with Crippen LogP contribution in [0.15, 0.2) is 24.3 Å². The number of likely N-dealkylation sites (N-methyl/N-ethyl adjacent to an activating group) is 1. The van der Waals surface area contributed by atoms with Gasteiger partial charge in [0.2, 0.25) is 5.91 Å². The Morgan fingerprint density at radius 3 is 2.88 bits per heavy atom. The van der Waals surface area contributed by atoms with Gasteiger partial charge in [0.1, 0.15) is 0 Å². The second-order valence-corrected chi connectivity index (χ2v) is 4.51. The molecule has 16 heavy (non-hydrogen) atoms. The molecule has 1 atom stereocenters. The largest absolute Gasteiger partial charge is 0.323 e. The number of benzene rings is 1. The van der Waals surface area contributed by atoms with E-state index in [1.165, 1.54) is 0 Å². The molecule has 0 saturated carbocycles. The predicted octanol–water partition coefficient (Wildman–Crippen LogP) is 2.37. The summed E-state index contributed by atoms with van der Waals surface area (Å²) in [5.74, 6) is 0.0353. The number of para-hydroxylation sites is 1. The van der Waals surface area contributed by atoms with Gasteiger partial charge in [-0.3, -0.25) is 9.69 Å². The fraction of sp³-hybridized carbons (Fsp3) is 0.417. The summed E-state index contributed by atoms with van der Waals surface area (Å²) in [7, 11) is 1.98. The molecule has 1 aliphatic heterocycles. The molecule has 1 aromatic rings. The van der Waals surface area contributed by atoms with Crippen LogP contribution < -0.4 is 5.32 Å². The number of amides is 1. The monoisotopic (exact) mass is 238 g/mol. The van der Waals surface area contributed by atoms with Crippen molar-refractivity contribution in [1.82, 2.24) is 4.90 Å². The lowest BCUT2D eigenvalue weighted by Crippen LogP contribution is -2.37. The second kappa shape index (κ2) is 4.85. The Bertz CT molecular complexity index is 394. The van der Waals surface area contributed by atoms with Crippen molar-refractivity contribution in [3.05, 3.63) is 29.3 Å².